The minimum Gasteiger partial charge on any atom is -0.314 e. The van der Waals surface area contributed by atoms with Gasteiger partial charge in [-0.1, -0.05) is 13.8 Å². The fourth-order valence-electron chi connectivity index (χ4n) is 2.67. The molecule has 0 aromatic carbocycles. The number of aryl methyl sites for hydroxylation is 1. The standard InChI is InChI=1S/C15H27N3S/c1-4-8-16-13-6-9-18(10-7-13)12(3)15-17-11-14(5-2)19-15/h11-13,16H,4-10H2,1-3H3. The topological polar surface area (TPSA) is 28.2 Å². The molecule has 0 radical (unpaired) electrons. The molecule has 1 aliphatic rings. The van der Waals surface area contributed by atoms with Crippen LogP contribution in [0.15, 0.2) is 6.20 Å². The van der Waals surface area contributed by atoms with Crippen molar-refractivity contribution >= 4 is 11.3 Å². The Morgan fingerprint density at radius 3 is 2.74 bits per heavy atom. The van der Waals surface area contributed by atoms with Gasteiger partial charge in [0.2, 0.25) is 0 Å². The summed E-state index contributed by atoms with van der Waals surface area (Å²) in [6.07, 6.45) is 6.93. The molecule has 1 aromatic rings. The van der Waals surface area contributed by atoms with Gasteiger partial charge in [-0.3, -0.25) is 4.90 Å². The molecule has 1 unspecified atom stereocenters. The fourth-order valence-corrected chi connectivity index (χ4v) is 3.62. The van der Waals surface area contributed by atoms with Gasteiger partial charge < -0.3 is 5.32 Å². The quantitative estimate of drug-likeness (QED) is 0.867. The number of aromatic nitrogens is 1. The molecule has 108 valence electrons. The Hall–Kier alpha value is -0.450. The molecule has 1 atom stereocenters. The average molecular weight is 281 g/mol. The molecule has 0 spiro atoms. The number of thiazole rings is 1. The SMILES string of the molecule is CCCNC1CCN(C(C)c2ncc(CC)s2)CC1. The van der Waals surface area contributed by atoms with Gasteiger partial charge in [0.05, 0.1) is 6.04 Å². The number of likely N-dealkylation sites (tertiary alicyclic amines) is 1. The third kappa shape index (κ3) is 4.01. The van der Waals surface area contributed by atoms with E-state index in [9.17, 15) is 0 Å². The molecule has 4 heteroatoms. The molecule has 1 saturated heterocycles. The second-order valence-electron chi connectivity index (χ2n) is 5.46. The summed E-state index contributed by atoms with van der Waals surface area (Å²) >= 11 is 1.88. The van der Waals surface area contributed by atoms with Crippen molar-refractivity contribution in [2.24, 2.45) is 0 Å². The first kappa shape index (κ1) is 14.9. The lowest BCUT2D eigenvalue weighted by molar-refractivity contribution is 0.152. The van der Waals surface area contributed by atoms with E-state index in [4.69, 9.17) is 0 Å². The lowest BCUT2D eigenvalue weighted by Crippen LogP contribution is -2.43. The zero-order chi connectivity index (χ0) is 13.7. The Labute approximate surface area is 121 Å². The third-order valence-corrected chi connectivity index (χ3v) is 5.35. The second kappa shape index (κ2) is 7.36. The predicted molar refractivity (Wildman–Crippen MR) is 82.8 cm³/mol. The molecule has 1 fully saturated rings. The molecular formula is C15H27N3S. The molecule has 1 aliphatic heterocycles. The molecule has 2 heterocycles. The van der Waals surface area contributed by atoms with Crippen molar-refractivity contribution in [3.8, 4) is 0 Å². The zero-order valence-electron chi connectivity index (χ0n) is 12.5. The Bertz CT molecular complexity index is 369. The maximum absolute atomic E-state index is 4.59. The summed E-state index contributed by atoms with van der Waals surface area (Å²) in [6.45, 7) is 10.3. The van der Waals surface area contributed by atoms with Gasteiger partial charge >= 0.3 is 0 Å². The monoisotopic (exact) mass is 281 g/mol. The first-order valence-corrected chi connectivity index (χ1v) is 8.48. The summed E-state index contributed by atoms with van der Waals surface area (Å²) in [5.74, 6) is 0. The Morgan fingerprint density at radius 1 is 1.42 bits per heavy atom. The molecule has 19 heavy (non-hydrogen) atoms. The zero-order valence-corrected chi connectivity index (χ0v) is 13.3. The summed E-state index contributed by atoms with van der Waals surface area (Å²) in [4.78, 5) is 8.58. The minimum absolute atomic E-state index is 0.484. The fraction of sp³-hybridized carbons (Fsp3) is 0.800. The van der Waals surface area contributed by atoms with E-state index in [0.29, 0.717) is 6.04 Å². The van der Waals surface area contributed by atoms with E-state index in [1.54, 1.807) is 0 Å². The van der Waals surface area contributed by atoms with Crippen LogP contribution in [0.25, 0.3) is 0 Å². The van der Waals surface area contributed by atoms with Crippen LogP contribution in [0, 0.1) is 0 Å². The second-order valence-corrected chi connectivity index (χ2v) is 6.61. The van der Waals surface area contributed by atoms with E-state index in [-0.39, 0.29) is 0 Å². The van der Waals surface area contributed by atoms with E-state index in [1.165, 1.54) is 42.2 Å². The highest BCUT2D eigenvalue weighted by atomic mass is 32.1. The summed E-state index contributed by atoms with van der Waals surface area (Å²) < 4.78 is 0. The highest BCUT2D eigenvalue weighted by Crippen LogP contribution is 2.27. The van der Waals surface area contributed by atoms with Gasteiger partial charge in [0, 0.05) is 30.2 Å². The van der Waals surface area contributed by atoms with Crippen molar-refractivity contribution < 1.29 is 0 Å². The highest BCUT2D eigenvalue weighted by molar-refractivity contribution is 7.11. The van der Waals surface area contributed by atoms with Crippen molar-refractivity contribution in [3.63, 3.8) is 0 Å². The van der Waals surface area contributed by atoms with Gasteiger partial charge in [0.25, 0.3) is 0 Å². The lowest BCUT2D eigenvalue weighted by Gasteiger charge is -2.35. The van der Waals surface area contributed by atoms with Gasteiger partial charge in [0.1, 0.15) is 5.01 Å². The van der Waals surface area contributed by atoms with Crippen molar-refractivity contribution in [1.29, 1.82) is 0 Å². The van der Waals surface area contributed by atoms with Crippen molar-refractivity contribution in [2.45, 2.75) is 58.5 Å². The van der Waals surface area contributed by atoms with Crippen LogP contribution in [0.5, 0.6) is 0 Å². The van der Waals surface area contributed by atoms with Crippen molar-refractivity contribution in [1.82, 2.24) is 15.2 Å². The molecular weight excluding hydrogens is 254 g/mol. The summed E-state index contributed by atoms with van der Waals surface area (Å²) in [6, 6.07) is 1.21. The third-order valence-electron chi connectivity index (χ3n) is 4.04. The Kier molecular flexibility index (Phi) is 5.79. The largest absolute Gasteiger partial charge is 0.314 e. The van der Waals surface area contributed by atoms with Crippen LogP contribution in [0.3, 0.4) is 0 Å². The van der Waals surface area contributed by atoms with Crippen LogP contribution in [0.2, 0.25) is 0 Å². The summed E-state index contributed by atoms with van der Waals surface area (Å²) in [5, 5.41) is 4.93. The highest BCUT2D eigenvalue weighted by Gasteiger charge is 2.24. The molecule has 2 rings (SSSR count). The minimum atomic E-state index is 0.484. The number of hydrogen-bond acceptors (Lipinski definition) is 4. The Balaban J connectivity index is 1.83. The van der Waals surface area contributed by atoms with Gasteiger partial charge in [-0.05, 0) is 39.2 Å². The summed E-state index contributed by atoms with van der Waals surface area (Å²) in [5.41, 5.74) is 0. The molecule has 0 amide bonds. The van der Waals surface area contributed by atoms with Crippen molar-refractivity contribution in [3.05, 3.63) is 16.1 Å². The average Bonchev–Trinajstić information content (AvgIpc) is 2.94. The van der Waals surface area contributed by atoms with E-state index >= 15 is 0 Å². The number of nitrogens with zero attached hydrogens (tertiary/aromatic N) is 2. The Morgan fingerprint density at radius 2 is 2.16 bits per heavy atom. The molecule has 0 aliphatic carbocycles. The predicted octanol–water partition coefficient (Wildman–Crippen LogP) is 3.23. The molecule has 1 N–H and O–H groups in total. The van der Waals surface area contributed by atoms with E-state index in [0.717, 1.165) is 19.0 Å². The number of piperidine rings is 1. The van der Waals surface area contributed by atoms with Gasteiger partial charge in [-0.15, -0.1) is 11.3 Å². The maximum atomic E-state index is 4.59. The van der Waals surface area contributed by atoms with E-state index in [2.05, 4.69) is 36.0 Å². The normalized spacial score (nSPS) is 19.7. The van der Waals surface area contributed by atoms with Crippen LogP contribution < -0.4 is 5.32 Å². The molecule has 3 nitrogen and oxygen atoms in total. The number of rotatable bonds is 6. The van der Waals surface area contributed by atoms with Crippen LogP contribution >= 0.6 is 11.3 Å². The summed E-state index contributed by atoms with van der Waals surface area (Å²) in [7, 11) is 0. The van der Waals surface area contributed by atoms with E-state index < -0.39 is 0 Å². The number of hydrogen-bond donors (Lipinski definition) is 1. The van der Waals surface area contributed by atoms with Gasteiger partial charge in [-0.2, -0.15) is 0 Å². The first-order chi connectivity index (χ1) is 9.24. The smallest absolute Gasteiger partial charge is 0.110 e. The molecule has 0 bridgehead atoms. The van der Waals surface area contributed by atoms with Gasteiger partial charge in [0.15, 0.2) is 0 Å². The lowest BCUT2D eigenvalue weighted by atomic mass is 10.0. The van der Waals surface area contributed by atoms with Crippen LogP contribution in [0.4, 0.5) is 0 Å². The molecule has 0 saturated carbocycles. The van der Waals surface area contributed by atoms with Gasteiger partial charge in [-0.25, -0.2) is 4.98 Å². The number of nitrogens with one attached hydrogen (secondary N) is 1. The van der Waals surface area contributed by atoms with Crippen LogP contribution in [-0.4, -0.2) is 35.6 Å². The van der Waals surface area contributed by atoms with Crippen LogP contribution in [-0.2, 0) is 6.42 Å². The first-order valence-electron chi connectivity index (χ1n) is 7.66. The maximum Gasteiger partial charge on any atom is 0.110 e. The van der Waals surface area contributed by atoms with Crippen molar-refractivity contribution in [2.75, 3.05) is 19.6 Å². The van der Waals surface area contributed by atoms with E-state index in [1.807, 2.05) is 17.5 Å². The molecule has 1 aromatic heterocycles. The van der Waals surface area contributed by atoms with Crippen LogP contribution in [0.1, 0.15) is 56.0 Å².